The van der Waals surface area contributed by atoms with Gasteiger partial charge in [-0.05, 0) is 30.4 Å². The molecule has 14 heavy (non-hydrogen) atoms. The summed E-state index contributed by atoms with van der Waals surface area (Å²) in [6, 6.07) is 4.68. The molecule has 0 spiro atoms. The zero-order valence-corrected chi connectivity index (χ0v) is 8.93. The van der Waals surface area contributed by atoms with Crippen LogP contribution in [-0.4, -0.2) is 12.9 Å². The molecule has 0 aliphatic carbocycles. The Balaban J connectivity index is 2.83. The fourth-order valence-corrected chi connectivity index (χ4v) is 1.21. The minimum Gasteiger partial charge on any atom is -0.497 e. The van der Waals surface area contributed by atoms with Crippen LogP contribution in [0.25, 0.3) is 6.08 Å². The Morgan fingerprint density at radius 3 is 2.93 bits per heavy atom. The molecule has 0 heterocycles. The summed E-state index contributed by atoms with van der Waals surface area (Å²) in [6.45, 7) is 0. The first-order valence-electron chi connectivity index (χ1n) is 4.39. The van der Waals surface area contributed by atoms with Gasteiger partial charge < -0.3 is 4.74 Å². The van der Waals surface area contributed by atoms with E-state index < -0.39 is 0 Å². The van der Waals surface area contributed by atoms with Gasteiger partial charge in [0.05, 0.1) is 7.11 Å². The number of hydrogen-bond acceptors (Lipinski definition) is 2. The van der Waals surface area contributed by atoms with E-state index in [2.05, 4.69) is 12.6 Å². The molecule has 0 aromatic heterocycles. The van der Waals surface area contributed by atoms with Gasteiger partial charge in [0, 0.05) is 5.56 Å². The van der Waals surface area contributed by atoms with Gasteiger partial charge in [-0.2, -0.15) is 12.6 Å². The second-order valence-corrected chi connectivity index (χ2v) is 3.25. The zero-order chi connectivity index (χ0) is 10.4. The van der Waals surface area contributed by atoms with Crippen LogP contribution in [0.4, 0.5) is 4.39 Å². The maximum atomic E-state index is 13.2. The van der Waals surface area contributed by atoms with E-state index in [1.165, 1.54) is 6.07 Å². The number of hydrogen-bond donors (Lipinski definition) is 1. The highest BCUT2D eigenvalue weighted by Crippen LogP contribution is 2.17. The molecular formula is C11H13FOS. The maximum absolute atomic E-state index is 13.2. The van der Waals surface area contributed by atoms with E-state index in [1.54, 1.807) is 25.3 Å². The normalized spacial score (nSPS) is 10.8. The third kappa shape index (κ3) is 3.07. The summed E-state index contributed by atoms with van der Waals surface area (Å²) in [7, 11) is 1.56. The average molecular weight is 212 g/mol. The summed E-state index contributed by atoms with van der Waals surface area (Å²) < 4.78 is 18.2. The Morgan fingerprint density at radius 2 is 2.29 bits per heavy atom. The van der Waals surface area contributed by atoms with Crippen LogP contribution in [0, 0.1) is 5.82 Å². The van der Waals surface area contributed by atoms with E-state index in [-0.39, 0.29) is 5.82 Å². The van der Waals surface area contributed by atoms with Crippen LogP contribution in [0.1, 0.15) is 12.0 Å². The second kappa shape index (κ2) is 5.70. The van der Waals surface area contributed by atoms with Gasteiger partial charge in [0.2, 0.25) is 0 Å². The first-order valence-corrected chi connectivity index (χ1v) is 5.02. The average Bonchev–Trinajstić information content (AvgIpc) is 2.21. The minimum absolute atomic E-state index is 0.235. The van der Waals surface area contributed by atoms with Crippen molar-refractivity contribution in [3.8, 4) is 5.75 Å². The lowest BCUT2D eigenvalue weighted by atomic mass is 10.2. The number of benzene rings is 1. The maximum Gasteiger partial charge on any atom is 0.130 e. The van der Waals surface area contributed by atoms with Crippen molar-refractivity contribution >= 4 is 18.7 Å². The predicted octanol–water partition coefficient (Wildman–Crippen LogP) is 3.17. The fraction of sp³-hybridized carbons (Fsp3) is 0.273. The second-order valence-electron chi connectivity index (χ2n) is 2.80. The van der Waals surface area contributed by atoms with Gasteiger partial charge in [-0.1, -0.05) is 12.2 Å². The first kappa shape index (κ1) is 11.1. The molecule has 0 amide bonds. The van der Waals surface area contributed by atoms with E-state index in [1.807, 2.05) is 6.08 Å². The number of ether oxygens (including phenoxy) is 1. The van der Waals surface area contributed by atoms with Crippen LogP contribution in [0.2, 0.25) is 0 Å². The van der Waals surface area contributed by atoms with Crippen molar-refractivity contribution in [3.05, 3.63) is 35.7 Å². The zero-order valence-electron chi connectivity index (χ0n) is 8.03. The number of rotatable bonds is 4. The Bertz CT molecular complexity index is 323. The molecule has 0 saturated carbocycles. The Kier molecular flexibility index (Phi) is 4.53. The molecular weight excluding hydrogens is 199 g/mol. The molecule has 1 rings (SSSR count). The van der Waals surface area contributed by atoms with Gasteiger partial charge in [0.15, 0.2) is 0 Å². The molecule has 1 aromatic carbocycles. The molecule has 0 saturated heterocycles. The molecule has 0 aliphatic rings. The van der Waals surface area contributed by atoms with Crippen LogP contribution in [0.3, 0.4) is 0 Å². The predicted molar refractivity (Wildman–Crippen MR) is 60.5 cm³/mol. The molecule has 0 N–H and O–H groups in total. The highest BCUT2D eigenvalue weighted by atomic mass is 32.1. The summed E-state index contributed by atoms with van der Waals surface area (Å²) >= 11 is 4.06. The van der Waals surface area contributed by atoms with E-state index in [0.717, 1.165) is 12.2 Å². The molecule has 0 aliphatic heterocycles. The number of halogens is 1. The molecule has 0 fully saturated rings. The lowest BCUT2D eigenvalue weighted by Gasteiger charge is -2.01. The minimum atomic E-state index is -0.235. The van der Waals surface area contributed by atoms with Gasteiger partial charge in [-0.3, -0.25) is 0 Å². The third-order valence-electron chi connectivity index (χ3n) is 1.80. The van der Waals surface area contributed by atoms with E-state index in [9.17, 15) is 4.39 Å². The van der Waals surface area contributed by atoms with E-state index in [0.29, 0.717) is 11.3 Å². The fourth-order valence-electron chi connectivity index (χ4n) is 1.06. The van der Waals surface area contributed by atoms with Crippen molar-refractivity contribution in [2.45, 2.75) is 6.42 Å². The lowest BCUT2D eigenvalue weighted by Crippen LogP contribution is -1.86. The van der Waals surface area contributed by atoms with Crippen LogP contribution >= 0.6 is 12.6 Å². The Labute approximate surface area is 89.0 Å². The molecule has 3 heteroatoms. The van der Waals surface area contributed by atoms with Crippen molar-refractivity contribution in [2.75, 3.05) is 12.9 Å². The smallest absolute Gasteiger partial charge is 0.130 e. The summed E-state index contributed by atoms with van der Waals surface area (Å²) in [6.07, 6.45) is 4.47. The lowest BCUT2D eigenvalue weighted by molar-refractivity contribution is 0.413. The molecule has 0 radical (unpaired) electrons. The first-order chi connectivity index (χ1) is 6.77. The van der Waals surface area contributed by atoms with Crippen molar-refractivity contribution in [2.24, 2.45) is 0 Å². The topological polar surface area (TPSA) is 9.23 Å². The summed E-state index contributed by atoms with van der Waals surface area (Å²) in [5, 5.41) is 0. The summed E-state index contributed by atoms with van der Waals surface area (Å²) in [5.74, 6) is 1.19. The third-order valence-corrected chi connectivity index (χ3v) is 2.05. The molecule has 0 unspecified atom stereocenters. The Morgan fingerprint density at radius 1 is 1.50 bits per heavy atom. The highest BCUT2D eigenvalue weighted by Gasteiger charge is 1.99. The van der Waals surface area contributed by atoms with Crippen molar-refractivity contribution < 1.29 is 9.13 Å². The number of methoxy groups -OCH3 is 1. The van der Waals surface area contributed by atoms with Crippen LogP contribution < -0.4 is 4.74 Å². The standard InChI is InChI=1S/C11H13FOS/c1-13-10-5-6-11(12)9(8-10)4-2-3-7-14/h2,4-6,8,14H,3,7H2,1H3. The molecule has 0 atom stereocenters. The SMILES string of the molecule is COc1ccc(F)c(C=CCCS)c1. The Hall–Kier alpha value is -0.960. The molecule has 1 nitrogen and oxygen atoms in total. The monoisotopic (exact) mass is 212 g/mol. The van der Waals surface area contributed by atoms with E-state index >= 15 is 0 Å². The van der Waals surface area contributed by atoms with Gasteiger partial charge in [0.1, 0.15) is 11.6 Å². The number of thiol groups is 1. The van der Waals surface area contributed by atoms with E-state index in [4.69, 9.17) is 4.74 Å². The molecule has 0 bridgehead atoms. The largest absolute Gasteiger partial charge is 0.497 e. The van der Waals surface area contributed by atoms with Crippen molar-refractivity contribution in [3.63, 3.8) is 0 Å². The van der Waals surface area contributed by atoms with Gasteiger partial charge in [-0.25, -0.2) is 4.39 Å². The van der Waals surface area contributed by atoms with Crippen molar-refractivity contribution in [1.29, 1.82) is 0 Å². The van der Waals surface area contributed by atoms with Crippen LogP contribution in [-0.2, 0) is 0 Å². The molecule has 76 valence electrons. The van der Waals surface area contributed by atoms with Crippen LogP contribution in [0.5, 0.6) is 5.75 Å². The van der Waals surface area contributed by atoms with Gasteiger partial charge in [-0.15, -0.1) is 0 Å². The van der Waals surface area contributed by atoms with Gasteiger partial charge in [0.25, 0.3) is 0 Å². The van der Waals surface area contributed by atoms with Gasteiger partial charge >= 0.3 is 0 Å². The molecule has 1 aromatic rings. The van der Waals surface area contributed by atoms with Crippen LogP contribution in [0.15, 0.2) is 24.3 Å². The van der Waals surface area contributed by atoms with Crippen molar-refractivity contribution in [1.82, 2.24) is 0 Å². The highest BCUT2D eigenvalue weighted by molar-refractivity contribution is 7.80. The summed E-state index contributed by atoms with van der Waals surface area (Å²) in [4.78, 5) is 0. The summed E-state index contributed by atoms with van der Waals surface area (Å²) in [5.41, 5.74) is 0.547. The quantitative estimate of drug-likeness (QED) is 0.754. The number of allylic oxidation sites excluding steroid dienone is 1.